The number of nitrogens with two attached hydrogens (primary N) is 1. The average Bonchev–Trinajstić information content (AvgIpc) is 3.24. The van der Waals surface area contributed by atoms with E-state index in [4.69, 9.17) is 15.2 Å². The molecule has 0 aliphatic heterocycles. The highest BCUT2D eigenvalue weighted by Gasteiger charge is 2.33. The number of rotatable bonds is 7. The molecule has 0 heterocycles. The first-order chi connectivity index (χ1) is 9.58. The van der Waals surface area contributed by atoms with Crippen LogP contribution in [0.15, 0.2) is 0 Å². The van der Waals surface area contributed by atoms with Crippen molar-refractivity contribution in [2.24, 2.45) is 17.6 Å². The van der Waals surface area contributed by atoms with Gasteiger partial charge in [-0.1, -0.05) is 19.3 Å². The van der Waals surface area contributed by atoms with E-state index in [1.54, 1.807) is 6.92 Å². The highest BCUT2D eigenvalue weighted by molar-refractivity contribution is 5.85. The van der Waals surface area contributed by atoms with Gasteiger partial charge < -0.3 is 15.2 Å². The van der Waals surface area contributed by atoms with Gasteiger partial charge in [-0.15, -0.1) is 12.4 Å². The van der Waals surface area contributed by atoms with Crippen molar-refractivity contribution in [2.75, 3.05) is 6.61 Å². The second-order valence-electron chi connectivity index (χ2n) is 6.57. The molecule has 0 aromatic rings. The summed E-state index contributed by atoms with van der Waals surface area (Å²) in [4.78, 5) is 11.7. The van der Waals surface area contributed by atoms with Crippen molar-refractivity contribution in [2.45, 2.75) is 77.0 Å². The summed E-state index contributed by atoms with van der Waals surface area (Å²) in [6.07, 6.45) is 8.64. The van der Waals surface area contributed by atoms with Crippen LogP contribution in [0.2, 0.25) is 0 Å². The predicted molar refractivity (Wildman–Crippen MR) is 85.5 cm³/mol. The van der Waals surface area contributed by atoms with Gasteiger partial charge in [0.2, 0.25) is 0 Å². The maximum atomic E-state index is 11.7. The molecule has 0 unspecified atom stereocenters. The Kier molecular flexibility index (Phi) is 7.99. The first-order valence-electron chi connectivity index (χ1n) is 8.15. The molecule has 2 rings (SSSR count). The molecule has 2 aliphatic rings. The van der Waals surface area contributed by atoms with E-state index in [9.17, 15) is 4.79 Å². The van der Waals surface area contributed by atoms with Gasteiger partial charge in [0, 0.05) is 6.61 Å². The zero-order valence-corrected chi connectivity index (χ0v) is 14.1. The SMILES string of the molecule is C[C@H](N)C(=O)O[C@@H](C)[C@H](OCC1CC1)C1CCCCC1.Cl. The van der Waals surface area contributed by atoms with Gasteiger partial charge in [-0.3, -0.25) is 4.79 Å². The topological polar surface area (TPSA) is 61.6 Å². The van der Waals surface area contributed by atoms with E-state index in [0.29, 0.717) is 5.92 Å². The lowest BCUT2D eigenvalue weighted by Crippen LogP contribution is -2.41. The van der Waals surface area contributed by atoms with Crippen LogP contribution >= 0.6 is 12.4 Å². The standard InChI is InChI=1S/C16H29NO3.ClH/c1-11(17)16(18)20-12(2)15(19-10-13-8-9-13)14-6-4-3-5-7-14;/h11-15H,3-10,17H2,1-2H3;1H/t11-,12-,15-;/m0./s1. The van der Waals surface area contributed by atoms with Gasteiger partial charge in [0.05, 0.1) is 6.10 Å². The summed E-state index contributed by atoms with van der Waals surface area (Å²) in [5.41, 5.74) is 5.58. The summed E-state index contributed by atoms with van der Waals surface area (Å²) in [6, 6.07) is -0.562. The molecule has 0 spiro atoms. The third kappa shape index (κ3) is 6.13. The number of carbonyl (C=O) groups excluding carboxylic acids is 1. The largest absolute Gasteiger partial charge is 0.459 e. The molecule has 2 saturated carbocycles. The van der Waals surface area contributed by atoms with E-state index < -0.39 is 6.04 Å². The molecule has 5 heteroatoms. The van der Waals surface area contributed by atoms with Gasteiger partial charge in [0.1, 0.15) is 12.1 Å². The zero-order chi connectivity index (χ0) is 14.5. The second kappa shape index (κ2) is 8.96. The number of hydrogen-bond donors (Lipinski definition) is 1. The van der Waals surface area contributed by atoms with E-state index in [0.717, 1.165) is 12.5 Å². The molecule has 2 N–H and O–H groups in total. The molecule has 21 heavy (non-hydrogen) atoms. The van der Waals surface area contributed by atoms with Crippen LogP contribution in [0.5, 0.6) is 0 Å². The fourth-order valence-electron chi connectivity index (χ4n) is 3.01. The van der Waals surface area contributed by atoms with Crippen molar-refractivity contribution in [3.63, 3.8) is 0 Å². The quantitative estimate of drug-likeness (QED) is 0.733. The van der Waals surface area contributed by atoms with Gasteiger partial charge in [-0.05, 0) is 51.4 Å². The molecule has 3 atom stereocenters. The molecule has 124 valence electrons. The number of ether oxygens (including phenoxy) is 2. The van der Waals surface area contributed by atoms with Gasteiger partial charge in [-0.2, -0.15) is 0 Å². The Morgan fingerprint density at radius 3 is 2.29 bits per heavy atom. The molecule has 4 nitrogen and oxygen atoms in total. The van der Waals surface area contributed by atoms with Crippen molar-refractivity contribution in [1.29, 1.82) is 0 Å². The highest BCUT2D eigenvalue weighted by Crippen LogP contribution is 2.34. The van der Waals surface area contributed by atoms with Crippen LogP contribution < -0.4 is 5.73 Å². The van der Waals surface area contributed by atoms with Crippen LogP contribution in [0.25, 0.3) is 0 Å². The molecular formula is C16H30ClNO3. The number of carbonyl (C=O) groups is 1. The Labute approximate surface area is 134 Å². The summed E-state index contributed by atoms with van der Waals surface area (Å²) in [5.74, 6) is 0.934. The first-order valence-corrected chi connectivity index (χ1v) is 8.15. The van der Waals surface area contributed by atoms with Crippen molar-refractivity contribution >= 4 is 18.4 Å². The second-order valence-corrected chi connectivity index (χ2v) is 6.57. The molecule has 0 amide bonds. The van der Waals surface area contributed by atoms with E-state index >= 15 is 0 Å². The van der Waals surface area contributed by atoms with Gasteiger partial charge in [-0.25, -0.2) is 0 Å². The van der Waals surface area contributed by atoms with E-state index in [2.05, 4.69) is 0 Å². The molecule has 0 aromatic carbocycles. The van der Waals surface area contributed by atoms with Crippen LogP contribution in [0.1, 0.15) is 58.8 Å². The van der Waals surface area contributed by atoms with Crippen LogP contribution in [0.4, 0.5) is 0 Å². The Bertz CT molecular complexity index is 315. The smallest absolute Gasteiger partial charge is 0.322 e. The van der Waals surface area contributed by atoms with Crippen LogP contribution in [0.3, 0.4) is 0 Å². The summed E-state index contributed by atoms with van der Waals surface area (Å²) < 4.78 is 11.6. The Balaban J connectivity index is 0.00000220. The maximum Gasteiger partial charge on any atom is 0.322 e. The van der Waals surface area contributed by atoms with Crippen LogP contribution in [-0.4, -0.2) is 30.8 Å². The summed E-state index contributed by atoms with van der Waals surface area (Å²) in [7, 11) is 0. The minimum absolute atomic E-state index is 0. The third-order valence-corrected chi connectivity index (χ3v) is 4.47. The molecule has 0 bridgehead atoms. The normalized spacial score (nSPS) is 23.8. The fraction of sp³-hybridized carbons (Fsp3) is 0.938. The summed E-state index contributed by atoms with van der Waals surface area (Å²) in [6.45, 7) is 4.43. The fourth-order valence-corrected chi connectivity index (χ4v) is 3.01. The zero-order valence-electron chi connectivity index (χ0n) is 13.3. The monoisotopic (exact) mass is 319 g/mol. The molecule has 0 radical (unpaired) electrons. The third-order valence-electron chi connectivity index (χ3n) is 4.47. The number of halogens is 1. The Hall–Kier alpha value is -0.320. The van der Waals surface area contributed by atoms with Gasteiger partial charge in [0.15, 0.2) is 0 Å². The average molecular weight is 320 g/mol. The molecule has 2 aliphatic carbocycles. The van der Waals surface area contributed by atoms with Crippen LogP contribution in [-0.2, 0) is 14.3 Å². The van der Waals surface area contributed by atoms with E-state index in [1.807, 2.05) is 6.92 Å². The summed E-state index contributed by atoms with van der Waals surface area (Å²) >= 11 is 0. The summed E-state index contributed by atoms with van der Waals surface area (Å²) in [5, 5.41) is 0. The lowest BCUT2D eigenvalue weighted by molar-refractivity contribution is -0.161. The van der Waals surface area contributed by atoms with E-state index in [-0.39, 0.29) is 30.6 Å². The Morgan fingerprint density at radius 2 is 1.76 bits per heavy atom. The predicted octanol–water partition coefficient (Wildman–Crippen LogP) is 3.06. The lowest BCUT2D eigenvalue weighted by atomic mass is 9.83. The maximum absolute atomic E-state index is 11.7. The van der Waals surface area contributed by atoms with Gasteiger partial charge >= 0.3 is 5.97 Å². The highest BCUT2D eigenvalue weighted by atomic mass is 35.5. The molecular weight excluding hydrogens is 290 g/mol. The van der Waals surface area contributed by atoms with Crippen molar-refractivity contribution in [3.8, 4) is 0 Å². The van der Waals surface area contributed by atoms with Gasteiger partial charge in [0.25, 0.3) is 0 Å². The van der Waals surface area contributed by atoms with Crippen LogP contribution in [0, 0.1) is 11.8 Å². The minimum Gasteiger partial charge on any atom is -0.459 e. The number of hydrogen-bond acceptors (Lipinski definition) is 4. The van der Waals surface area contributed by atoms with Crippen molar-refractivity contribution in [3.05, 3.63) is 0 Å². The number of esters is 1. The molecule has 0 saturated heterocycles. The molecule has 0 aromatic heterocycles. The van der Waals surface area contributed by atoms with Crippen molar-refractivity contribution < 1.29 is 14.3 Å². The van der Waals surface area contributed by atoms with E-state index in [1.165, 1.54) is 44.9 Å². The first kappa shape index (κ1) is 18.7. The Morgan fingerprint density at radius 1 is 1.14 bits per heavy atom. The minimum atomic E-state index is -0.562. The lowest BCUT2D eigenvalue weighted by Gasteiger charge is -2.34. The van der Waals surface area contributed by atoms with Crippen molar-refractivity contribution in [1.82, 2.24) is 0 Å². The molecule has 2 fully saturated rings.